The Bertz CT molecular complexity index is 827. The van der Waals surface area contributed by atoms with E-state index in [0.717, 1.165) is 30.6 Å². The molecule has 1 fully saturated rings. The smallest absolute Gasteiger partial charge is 0.290 e. The average molecular weight is 369 g/mol. The maximum absolute atomic E-state index is 12.4. The zero-order chi connectivity index (χ0) is 18.8. The van der Waals surface area contributed by atoms with Crippen LogP contribution in [-0.4, -0.2) is 39.9 Å². The topological polar surface area (TPSA) is 103 Å². The van der Waals surface area contributed by atoms with Crippen LogP contribution in [-0.2, 0) is 0 Å². The number of nitrogens with one attached hydrogen (secondary N) is 3. The van der Waals surface area contributed by atoms with Crippen LogP contribution in [0.5, 0.6) is 0 Å². The highest BCUT2D eigenvalue weighted by atomic mass is 16.5. The lowest BCUT2D eigenvalue weighted by molar-refractivity contribution is 0.0789. The Morgan fingerprint density at radius 3 is 2.93 bits per heavy atom. The molecule has 8 heteroatoms. The second-order valence-electron chi connectivity index (χ2n) is 7.06. The Morgan fingerprint density at radius 1 is 1.41 bits per heavy atom. The van der Waals surface area contributed by atoms with Gasteiger partial charge >= 0.3 is 0 Å². The minimum absolute atomic E-state index is 0.127. The van der Waals surface area contributed by atoms with Gasteiger partial charge in [0.1, 0.15) is 5.69 Å². The summed E-state index contributed by atoms with van der Waals surface area (Å²) in [6.07, 6.45) is 3.00. The van der Waals surface area contributed by atoms with Gasteiger partial charge in [0.25, 0.3) is 5.91 Å². The molecule has 4 rings (SSSR count). The third kappa shape index (κ3) is 3.81. The van der Waals surface area contributed by atoms with Crippen molar-refractivity contribution in [2.75, 3.05) is 6.54 Å². The molecule has 2 aliphatic rings. The molecule has 142 valence electrons. The van der Waals surface area contributed by atoms with Crippen LogP contribution in [0.1, 0.15) is 30.3 Å². The van der Waals surface area contributed by atoms with Crippen LogP contribution in [0.25, 0.3) is 11.3 Å². The van der Waals surface area contributed by atoms with Gasteiger partial charge < -0.3 is 20.4 Å². The average Bonchev–Trinajstić information content (AvgIpc) is 3.30. The predicted octanol–water partition coefficient (Wildman–Crippen LogP) is 1.40. The van der Waals surface area contributed by atoms with E-state index in [2.05, 4.69) is 21.4 Å². The monoisotopic (exact) mass is 369 g/mol. The number of aliphatic hydroxyl groups is 1. The largest absolute Gasteiger partial charge is 0.387 e. The Hall–Kier alpha value is -2.84. The van der Waals surface area contributed by atoms with E-state index in [0.29, 0.717) is 11.6 Å². The molecule has 4 N–H and O–H groups in total. The van der Waals surface area contributed by atoms with Crippen molar-refractivity contribution in [1.82, 2.24) is 26.4 Å². The van der Waals surface area contributed by atoms with Gasteiger partial charge in [0.05, 0.1) is 11.8 Å². The van der Waals surface area contributed by atoms with Gasteiger partial charge in [-0.15, -0.1) is 5.53 Å². The van der Waals surface area contributed by atoms with Crippen LogP contribution in [0.4, 0.5) is 0 Å². The first-order chi connectivity index (χ1) is 13.1. The van der Waals surface area contributed by atoms with Crippen LogP contribution in [0.15, 0.2) is 52.8 Å². The molecule has 0 spiro atoms. The van der Waals surface area contributed by atoms with Gasteiger partial charge in [-0.25, -0.2) is 0 Å². The Balaban J connectivity index is 1.26. The lowest BCUT2D eigenvalue weighted by atomic mass is 9.80. The van der Waals surface area contributed by atoms with Crippen LogP contribution < -0.4 is 16.3 Å². The Morgan fingerprint density at radius 2 is 2.19 bits per heavy atom. The number of hydrogen-bond donors (Lipinski definition) is 4. The molecule has 1 aliphatic carbocycles. The highest BCUT2D eigenvalue weighted by molar-refractivity contribution is 5.92. The zero-order valence-electron chi connectivity index (χ0n) is 15.1. The molecule has 0 unspecified atom stereocenters. The van der Waals surface area contributed by atoms with E-state index in [4.69, 9.17) is 4.52 Å². The molecule has 1 aromatic carbocycles. The van der Waals surface area contributed by atoms with E-state index in [-0.39, 0.29) is 17.7 Å². The number of carbonyl (C=O) groups is 1. The molecule has 1 atom stereocenters. The van der Waals surface area contributed by atoms with Gasteiger partial charge in [-0.05, 0) is 25.7 Å². The highest BCUT2D eigenvalue weighted by Gasteiger charge is 2.34. The molecule has 27 heavy (non-hydrogen) atoms. The molecule has 0 radical (unpaired) electrons. The number of nitrogens with zero attached hydrogens (tertiary/aromatic N) is 2. The van der Waals surface area contributed by atoms with E-state index in [1.54, 1.807) is 19.2 Å². The first-order valence-electron chi connectivity index (χ1n) is 9.10. The number of amides is 1. The zero-order valence-corrected chi connectivity index (χ0v) is 15.1. The molecule has 1 aliphatic heterocycles. The van der Waals surface area contributed by atoms with Gasteiger partial charge in [0.2, 0.25) is 5.76 Å². The minimum atomic E-state index is -0.534. The van der Waals surface area contributed by atoms with Gasteiger partial charge in [-0.1, -0.05) is 35.5 Å². The third-order valence-corrected chi connectivity index (χ3v) is 4.97. The van der Waals surface area contributed by atoms with Crippen LogP contribution in [0, 0.1) is 5.92 Å². The number of benzene rings is 1. The van der Waals surface area contributed by atoms with E-state index in [1.807, 2.05) is 35.3 Å². The van der Waals surface area contributed by atoms with Crippen LogP contribution in [0.2, 0.25) is 0 Å². The molecule has 0 bridgehead atoms. The lowest BCUT2D eigenvalue weighted by Gasteiger charge is -2.38. The Kier molecular flexibility index (Phi) is 4.83. The molecule has 2 aromatic rings. The molecule has 0 saturated heterocycles. The van der Waals surface area contributed by atoms with Crippen molar-refractivity contribution >= 4 is 5.91 Å². The fourth-order valence-electron chi connectivity index (χ4n) is 3.47. The summed E-state index contributed by atoms with van der Waals surface area (Å²) in [7, 11) is 0. The van der Waals surface area contributed by atoms with Crippen molar-refractivity contribution in [3.05, 3.63) is 54.1 Å². The minimum Gasteiger partial charge on any atom is -0.387 e. The maximum Gasteiger partial charge on any atom is 0.290 e. The normalized spacial score (nSPS) is 22.6. The third-order valence-electron chi connectivity index (χ3n) is 4.97. The number of carbonyl (C=O) groups excluding carboxylic acids is 1. The molecule has 8 nitrogen and oxygen atoms in total. The fourth-order valence-corrected chi connectivity index (χ4v) is 3.47. The van der Waals surface area contributed by atoms with Crippen molar-refractivity contribution < 1.29 is 14.4 Å². The summed E-state index contributed by atoms with van der Waals surface area (Å²) in [6.45, 7) is 2.51. The number of rotatable bonds is 6. The van der Waals surface area contributed by atoms with Gasteiger partial charge in [-0.2, -0.15) is 0 Å². The van der Waals surface area contributed by atoms with E-state index >= 15 is 0 Å². The number of hydrazine groups is 2. The first-order valence-corrected chi connectivity index (χ1v) is 9.10. The highest BCUT2D eigenvalue weighted by Crippen LogP contribution is 2.30. The van der Waals surface area contributed by atoms with Crippen molar-refractivity contribution in [2.24, 2.45) is 5.92 Å². The molecule has 1 saturated carbocycles. The molecular formula is C19H23N5O3. The summed E-state index contributed by atoms with van der Waals surface area (Å²) in [5.74, 6) is 0.431. The summed E-state index contributed by atoms with van der Waals surface area (Å²) >= 11 is 0. The van der Waals surface area contributed by atoms with Crippen LogP contribution in [0.3, 0.4) is 0 Å². The Labute approximate surface area is 157 Å². The van der Waals surface area contributed by atoms with Gasteiger partial charge in [0.15, 0.2) is 0 Å². The van der Waals surface area contributed by atoms with Gasteiger partial charge in [-0.3, -0.25) is 9.80 Å². The van der Waals surface area contributed by atoms with E-state index in [9.17, 15) is 9.90 Å². The number of aliphatic hydroxyl groups excluding tert-OH is 1. The van der Waals surface area contributed by atoms with Crippen molar-refractivity contribution in [3.63, 3.8) is 0 Å². The summed E-state index contributed by atoms with van der Waals surface area (Å²) in [4.78, 5) is 12.4. The number of aromatic nitrogens is 1. The van der Waals surface area contributed by atoms with Crippen molar-refractivity contribution in [2.45, 2.75) is 31.9 Å². The molecular weight excluding hydrogens is 346 g/mol. The van der Waals surface area contributed by atoms with Gasteiger partial charge in [0, 0.05) is 30.4 Å². The summed E-state index contributed by atoms with van der Waals surface area (Å²) in [5.41, 5.74) is 8.29. The fraction of sp³-hybridized carbons (Fsp3) is 0.368. The first kappa shape index (κ1) is 17.6. The summed E-state index contributed by atoms with van der Waals surface area (Å²) in [5, 5.41) is 18.6. The predicted molar refractivity (Wildman–Crippen MR) is 98.7 cm³/mol. The second kappa shape index (κ2) is 7.42. The van der Waals surface area contributed by atoms with E-state index in [1.165, 1.54) is 0 Å². The maximum atomic E-state index is 12.4. The lowest BCUT2D eigenvalue weighted by Crippen LogP contribution is -2.50. The second-order valence-corrected chi connectivity index (χ2v) is 7.06. The quantitative estimate of drug-likeness (QED) is 0.610. The molecule has 2 heterocycles. The summed E-state index contributed by atoms with van der Waals surface area (Å²) < 4.78 is 5.20. The summed E-state index contributed by atoms with van der Waals surface area (Å²) in [6, 6.07) is 11.4. The van der Waals surface area contributed by atoms with Crippen molar-refractivity contribution in [1.29, 1.82) is 0 Å². The van der Waals surface area contributed by atoms with Crippen molar-refractivity contribution in [3.8, 4) is 11.3 Å². The van der Waals surface area contributed by atoms with Crippen LogP contribution >= 0.6 is 0 Å². The molecule has 1 amide bonds. The number of hydrogen-bond acceptors (Lipinski definition) is 7. The van der Waals surface area contributed by atoms with E-state index < -0.39 is 6.10 Å². The molecule has 1 aromatic heterocycles. The SMILES string of the molecule is C[C@@H](O)C1=CNNN1CC1CC(NC(=O)c2cc(-c3ccccc3)no2)C1. The standard InChI is InChI=1S/C19H23N5O3/c1-12(25)17-10-20-23-24(17)11-13-7-15(8-13)21-19(26)18-9-16(22-27-18)14-5-3-2-4-6-14/h2-6,9-10,12-13,15,20,23,25H,7-8,11H2,1H3,(H,21,26)/t12-,13?,15?/m1/s1.